The smallest absolute Gasteiger partial charge is 0.258 e. The zero-order valence-electron chi connectivity index (χ0n) is 12.5. The summed E-state index contributed by atoms with van der Waals surface area (Å²) in [5, 5.41) is 0. The van der Waals surface area contributed by atoms with Gasteiger partial charge in [0, 0.05) is 18.1 Å². The average molecular weight is 290 g/mol. The maximum Gasteiger partial charge on any atom is 0.258 e. The summed E-state index contributed by atoms with van der Waals surface area (Å²) in [5.41, 5.74) is 6.65. The number of methoxy groups -OCH3 is 2. The average Bonchev–Trinajstić information content (AvgIpc) is 2.77. The van der Waals surface area contributed by atoms with Crippen LogP contribution in [-0.2, 0) is 0 Å². The minimum Gasteiger partial charge on any atom is -0.497 e. The molecule has 21 heavy (non-hydrogen) atoms. The number of amides is 1. The van der Waals surface area contributed by atoms with Crippen LogP contribution in [0.15, 0.2) is 18.2 Å². The van der Waals surface area contributed by atoms with Gasteiger partial charge in [0.25, 0.3) is 5.91 Å². The van der Waals surface area contributed by atoms with Gasteiger partial charge in [0.05, 0.1) is 19.8 Å². The topological polar surface area (TPSA) is 64.8 Å². The van der Waals surface area contributed by atoms with Crippen LogP contribution in [0, 0.1) is 0 Å². The standard InChI is InChI=1S/C16H22N2O3/c1-20-13-5-6-15(21-2)14(9-13)16(19)18-11-3-4-12(18)8-10(17)7-11/h5-6,9-12H,3-4,7-8,17H2,1-2H3. The number of fused-ring (bicyclic) bond motifs is 2. The number of nitrogens with zero attached hydrogens (tertiary/aromatic N) is 1. The van der Waals surface area contributed by atoms with Crippen molar-refractivity contribution >= 4 is 5.91 Å². The van der Waals surface area contributed by atoms with E-state index < -0.39 is 0 Å². The minimum atomic E-state index is 0.0325. The second kappa shape index (κ2) is 5.56. The van der Waals surface area contributed by atoms with E-state index in [-0.39, 0.29) is 24.0 Å². The van der Waals surface area contributed by atoms with Crippen molar-refractivity contribution in [3.05, 3.63) is 23.8 Å². The monoisotopic (exact) mass is 290 g/mol. The van der Waals surface area contributed by atoms with Gasteiger partial charge in [0.1, 0.15) is 11.5 Å². The Morgan fingerprint density at radius 1 is 1.19 bits per heavy atom. The summed E-state index contributed by atoms with van der Waals surface area (Å²) in [5.74, 6) is 1.29. The van der Waals surface area contributed by atoms with Gasteiger partial charge in [0.2, 0.25) is 0 Å². The lowest BCUT2D eigenvalue weighted by Gasteiger charge is -2.38. The lowest BCUT2D eigenvalue weighted by atomic mass is 9.97. The van der Waals surface area contributed by atoms with Gasteiger partial charge in [-0.05, 0) is 43.9 Å². The summed E-state index contributed by atoms with van der Waals surface area (Å²) < 4.78 is 10.6. The Balaban J connectivity index is 1.92. The van der Waals surface area contributed by atoms with Crippen LogP contribution in [0.5, 0.6) is 11.5 Å². The van der Waals surface area contributed by atoms with Crippen LogP contribution in [0.1, 0.15) is 36.0 Å². The van der Waals surface area contributed by atoms with Crippen LogP contribution >= 0.6 is 0 Å². The summed E-state index contributed by atoms with van der Waals surface area (Å²) in [6, 6.07) is 6.10. The molecule has 0 radical (unpaired) electrons. The molecule has 2 aliphatic rings. The van der Waals surface area contributed by atoms with E-state index in [0.29, 0.717) is 17.1 Å². The van der Waals surface area contributed by atoms with E-state index >= 15 is 0 Å². The van der Waals surface area contributed by atoms with E-state index in [0.717, 1.165) is 25.7 Å². The van der Waals surface area contributed by atoms with Gasteiger partial charge < -0.3 is 20.1 Å². The first-order chi connectivity index (χ1) is 10.1. The molecule has 2 saturated heterocycles. The largest absolute Gasteiger partial charge is 0.497 e. The van der Waals surface area contributed by atoms with Gasteiger partial charge in [-0.1, -0.05) is 0 Å². The number of hydrogen-bond acceptors (Lipinski definition) is 4. The van der Waals surface area contributed by atoms with Crippen LogP contribution < -0.4 is 15.2 Å². The predicted molar refractivity (Wildman–Crippen MR) is 79.7 cm³/mol. The van der Waals surface area contributed by atoms with Crippen molar-refractivity contribution in [3.63, 3.8) is 0 Å². The van der Waals surface area contributed by atoms with Crippen LogP contribution in [0.25, 0.3) is 0 Å². The molecular weight excluding hydrogens is 268 g/mol. The molecule has 0 aromatic heterocycles. The van der Waals surface area contributed by atoms with Crippen molar-refractivity contribution in [2.75, 3.05) is 14.2 Å². The SMILES string of the molecule is COc1ccc(OC)c(C(=O)N2C3CCC2CC(N)C3)c1. The predicted octanol–water partition coefficient (Wildman–Crippen LogP) is 1.80. The molecule has 1 amide bonds. The van der Waals surface area contributed by atoms with E-state index in [2.05, 4.69) is 0 Å². The van der Waals surface area contributed by atoms with E-state index in [1.165, 1.54) is 0 Å². The molecule has 1 aromatic rings. The molecule has 2 heterocycles. The van der Waals surface area contributed by atoms with Crippen LogP contribution in [0.4, 0.5) is 0 Å². The zero-order valence-corrected chi connectivity index (χ0v) is 12.5. The lowest BCUT2D eigenvalue weighted by Crippen LogP contribution is -2.50. The highest BCUT2D eigenvalue weighted by molar-refractivity contribution is 5.98. The Hall–Kier alpha value is -1.75. The van der Waals surface area contributed by atoms with E-state index in [9.17, 15) is 4.79 Å². The van der Waals surface area contributed by atoms with Crippen molar-refractivity contribution in [3.8, 4) is 11.5 Å². The van der Waals surface area contributed by atoms with Gasteiger partial charge in [0.15, 0.2) is 0 Å². The van der Waals surface area contributed by atoms with Gasteiger partial charge in [-0.3, -0.25) is 4.79 Å². The summed E-state index contributed by atoms with van der Waals surface area (Å²) in [6.07, 6.45) is 3.90. The molecule has 0 aliphatic carbocycles. The third-order valence-electron chi connectivity index (χ3n) is 4.64. The maximum absolute atomic E-state index is 13.0. The highest BCUT2D eigenvalue weighted by Crippen LogP contribution is 2.37. The van der Waals surface area contributed by atoms with E-state index in [1.54, 1.807) is 32.4 Å². The molecule has 2 N–H and O–H groups in total. The Morgan fingerprint density at radius 2 is 1.86 bits per heavy atom. The molecule has 2 fully saturated rings. The fraction of sp³-hybridized carbons (Fsp3) is 0.562. The van der Waals surface area contributed by atoms with Crippen molar-refractivity contribution in [1.82, 2.24) is 4.90 Å². The zero-order chi connectivity index (χ0) is 15.0. The quantitative estimate of drug-likeness (QED) is 0.922. The summed E-state index contributed by atoms with van der Waals surface area (Å²) in [6.45, 7) is 0. The van der Waals surface area contributed by atoms with Crippen molar-refractivity contribution in [2.24, 2.45) is 5.73 Å². The molecule has 3 rings (SSSR count). The second-order valence-corrected chi connectivity index (χ2v) is 5.90. The van der Waals surface area contributed by atoms with Crippen LogP contribution in [-0.4, -0.2) is 43.2 Å². The van der Waals surface area contributed by atoms with Gasteiger partial charge in [-0.25, -0.2) is 0 Å². The number of nitrogens with two attached hydrogens (primary N) is 1. The Morgan fingerprint density at radius 3 is 2.43 bits per heavy atom. The second-order valence-electron chi connectivity index (χ2n) is 5.90. The van der Waals surface area contributed by atoms with E-state index in [1.807, 2.05) is 4.90 Å². The molecule has 2 unspecified atom stereocenters. The van der Waals surface area contributed by atoms with Crippen LogP contribution in [0.2, 0.25) is 0 Å². The molecule has 5 heteroatoms. The van der Waals surface area contributed by atoms with E-state index in [4.69, 9.17) is 15.2 Å². The molecular formula is C16H22N2O3. The highest BCUT2D eigenvalue weighted by Gasteiger charge is 2.43. The first-order valence-electron chi connectivity index (χ1n) is 7.44. The number of carbonyl (C=O) groups excluding carboxylic acids is 1. The van der Waals surface area contributed by atoms with Crippen molar-refractivity contribution in [2.45, 2.75) is 43.8 Å². The number of hydrogen-bond donors (Lipinski definition) is 1. The lowest BCUT2D eigenvalue weighted by molar-refractivity contribution is 0.0571. The number of carbonyl (C=O) groups is 1. The number of ether oxygens (including phenoxy) is 2. The summed E-state index contributed by atoms with van der Waals surface area (Å²) >= 11 is 0. The van der Waals surface area contributed by atoms with Gasteiger partial charge in [-0.15, -0.1) is 0 Å². The number of piperidine rings is 1. The molecule has 2 bridgehead atoms. The number of benzene rings is 1. The summed E-state index contributed by atoms with van der Waals surface area (Å²) in [4.78, 5) is 15.0. The maximum atomic E-state index is 13.0. The third-order valence-corrected chi connectivity index (χ3v) is 4.64. The highest BCUT2D eigenvalue weighted by atomic mass is 16.5. The third kappa shape index (κ3) is 2.46. The number of rotatable bonds is 3. The Labute approximate surface area is 125 Å². The molecule has 0 spiro atoms. The molecule has 2 atom stereocenters. The first-order valence-corrected chi connectivity index (χ1v) is 7.44. The van der Waals surface area contributed by atoms with Crippen LogP contribution in [0.3, 0.4) is 0 Å². The van der Waals surface area contributed by atoms with Crippen molar-refractivity contribution < 1.29 is 14.3 Å². The Kier molecular flexibility index (Phi) is 3.76. The fourth-order valence-electron chi connectivity index (χ4n) is 3.67. The minimum absolute atomic E-state index is 0.0325. The normalized spacial score (nSPS) is 27.6. The molecule has 2 aliphatic heterocycles. The van der Waals surface area contributed by atoms with Gasteiger partial charge >= 0.3 is 0 Å². The first kappa shape index (κ1) is 14.2. The molecule has 1 aromatic carbocycles. The molecule has 0 saturated carbocycles. The molecule has 5 nitrogen and oxygen atoms in total. The fourth-order valence-corrected chi connectivity index (χ4v) is 3.67. The van der Waals surface area contributed by atoms with Crippen molar-refractivity contribution in [1.29, 1.82) is 0 Å². The van der Waals surface area contributed by atoms with Gasteiger partial charge in [-0.2, -0.15) is 0 Å². The summed E-state index contributed by atoms with van der Waals surface area (Å²) in [7, 11) is 3.18. The molecule has 114 valence electrons. The Bertz CT molecular complexity index is 532.